The average Bonchev–Trinajstić information content (AvgIpc) is 3.54. The molecule has 2 atom stereocenters. The van der Waals surface area contributed by atoms with Crippen LogP contribution in [0.15, 0.2) is 176 Å². The maximum absolute atomic E-state index is 6.24. The highest BCUT2D eigenvalue weighted by molar-refractivity contribution is 6.12. The van der Waals surface area contributed by atoms with Crippen molar-refractivity contribution < 1.29 is 0 Å². The number of fused-ring (bicyclic) bond motifs is 11. The summed E-state index contributed by atoms with van der Waals surface area (Å²) in [6, 6.07) is 62.5. The molecule has 1 aliphatic heterocycles. The maximum Gasteiger partial charge on any atom is 0.0748 e. The molecule has 1 aliphatic carbocycles. The molecule has 3 nitrogen and oxygen atoms in total. The lowest BCUT2D eigenvalue weighted by Crippen LogP contribution is -2.44. The fourth-order valence-electron chi connectivity index (χ4n) is 9.58. The zero-order valence-electron chi connectivity index (χ0n) is 29.3. The Morgan fingerprint density at radius 2 is 1.17 bits per heavy atom. The van der Waals surface area contributed by atoms with Gasteiger partial charge in [0.2, 0.25) is 0 Å². The third-order valence-corrected chi connectivity index (χ3v) is 11.9. The second-order valence-corrected chi connectivity index (χ2v) is 14.8. The van der Waals surface area contributed by atoms with Gasteiger partial charge >= 0.3 is 0 Å². The quantitative estimate of drug-likeness (QED) is 0.141. The van der Waals surface area contributed by atoms with E-state index < -0.39 is 5.41 Å². The van der Waals surface area contributed by atoms with Crippen LogP contribution in [0, 0.1) is 0 Å². The van der Waals surface area contributed by atoms with E-state index >= 15 is 0 Å². The second kappa shape index (κ2) is 11.4. The molecule has 0 saturated heterocycles. The summed E-state index contributed by atoms with van der Waals surface area (Å²) in [4.78, 5) is 0. The molecule has 0 bridgehead atoms. The number of para-hydroxylation sites is 3. The number of nitrogens with one attached hydrogen (secondary N) is 1. The molecule has 10 rings (SSSR count). The first-order valence-electron chi connectivity index (χ1n) is 18.2. The molecular formula is C49H39N3. The monoisotopic (exact) mass is 669 g/mol. The van der Waals surface area contributed by atoms with E-state index in [0.717, 1.165) is 11.3 Å². The minimum absolute atomic E-state index is 0.0359. The summed E-state index contributed by atoms with van der Waals surface area (Å²) < 4.78 is 2.51. The predicted octanol–water partition coefficient (Wildman–Crippen LogP) is 10.8. The summed E-state index contributed by atoms with van der Waals surface area (Å²) >= 11 is 0. The van der Waals surface area contributed by atoms with Crippen molar-refractivity contribution in [2.75, 3.05) is 0 Å². The smallest absolute Gasteiger partial charge is 0.0748 e. The van der Waals surface area contributed by atoms with Crippen LogP contribution < -0.4 is 11.3 Å². The van der Waals surface area contributed by atoms with E-state index in [0.29, 0.717) is 0 Å². The van der Waals surface area contributed by atoms with Crippen molar-refractivity contribution >= 4 is 27.5 Å². The molecular weight excluding hydrogens is 631 g/mol. The van der Waals surface area contributed by atoms with E-state index in [1.165, 1.54) is 72.0 Å². The number of nitrogens with two attached hydrogens (primary N) is 1. The summed E-state index contributed by atoms with van der Waals surface area (Å²) in [5, 5.41) is 2.57. The topological polar surface area (TPSA) is 43.0 Å². The molecule has 0 fully saturated rings. The van der Waals surface area contributed by atoms with Gasteiger partial charge in [-0.2, -0.15) is 0 Å². The molecule has 250 valence electrons. The molecule has 3 N–H and O–H groups in total. The van der Waals surface area contributed by atoms with Crippen molar-refractivity contribution in [3.05, 3.63) is 226 Å². The van der Waals surface area contributed by atoms with Gasteiger partial charge in [-0.15, -0.1) is 0 Å². The summed E-state index contributed by atoms with van der Waals surface area (Å²) in [5.74, 6) is 6.20. The lowest BCUT2D eigenvalue weighted by molar-refractivity contribution is 0.555. The molecule has 2 heterocycles. The second-order valence-electron chi connectivity index (χ2n) is 14.8. The van der Waals surface area contributed by atoms with Crippen LogP contribution in [0.3, 0.4) is 0 Å². The van der Waals surface area contributed by atoms with Crippen molar-refractivity contribution in [1.82, 2.24) is 9.99 Å². The van der Waals surface area contributed by atoms with Gasteiger partial charge in [0.25, 0.3) is 0 Å². The lowest BCUT2D eigenvalue weighted by Gasteiger charge is -2.50. The third-order valence-electron chi connectivity index (χ3n) is 11.9. The Labute approximate surface area is 304 Å². The average molecular weight is 670 g/mol. The SMILES string of the molecule is CC1(C)c2ccccc2C2(c3ccccc3-n3c4ccccc4c4cccc2c43)c2ccc(C(/C=C(\NN)c3ccccc3)c3ccccc3)cc21. The van der Waals surface area contributed by atoms with Gasteiger partial charge in [0.05, 0.1) is 27.8 Å². The first-order valence-corrected chi connectivity index (χ1v) is 18.2. The molecule has 0 radical (unpaired) electrons. The van der Waals surface area contributed by atoms with Crippen LogP contribution in [0.4, 0.5) is 0 Å². The molecule has 2 unspecified atom stereocenters. The molecule has 1 spiro atoms. The largest absolute Gasteiger partial charge is 0.324 e. The van der Waals surface area contributed by atoms with Crippen LogP contribution in [0.5, 0.6) is 0 Å². The Morgan fingerprint density at radius 1 is 0.558 bits per heavy atom. The number of aromatic nitrogens is 1. The molecule has 0 amide bonds. The number of hydrazine groups is 1. The Kier molecular flexibility index (Phi) is 6.74. The van der Waals surface area contributed by atoms with Gasteiger partial charge in [0, 0.05) is 22.1 Å². The summed E-state index contributed by atoms with van der Waals surface area (Å²) in [6.07, 6.45) is 2.28. The van der Waals surface area contributed by atoms with Gasteiger partial charge < -0.3 is 9.99 Å². The number of hydrogen-bond acceptors (Lipinski definition) is 2. The lowest BCUT2D eigenvalue weighted by atomic mass is 9.53. The molecule has 7 aromatic carbocycles. The van der Waals surface area contributed by atoms with Gasteiger partial charge in [-0.25, -0.2) is 0 Å². The van der Waals surface area contributed by atoms with Crippen molar-refractivity contribution in [1.29, 1.82) is 0 Å². The minimum atomic E-state index is -0.521. The van der Waals surface area contributed by atoms with Crippen LogP contribution in [0.25, 0.3) is 33.2 Å². The predicted molar refractivity (Wildman–Crippen MR) is 215 cm³/mol. The van der Waals surface area contributed by atoms with Gasteiger partial charge in [0.15, 0.2) is 0 Å². The van der Waals surface area contributed by atoms with Crippen LogP contribution in [-0.4, -0.2) is 4.57 Å². The molecule has 2 aliphatic rings. The van der Waals surface area contributed by atoms with E-state index in [9.17, 15) is 0 Å². The van der Waals surface area contributed by atoms with E-state index in [2.05, 4.69) is 194 Å². The van der Waals surface area contributed by atoms with Crippen LogP contribution in [-0.2, 0) is 10.8 Å². The normalized spacial score (nSPS) is 17.4. The molecule has 8 aromatic rings. The fourth-order valence-corrected chi connectivity index (χ4v) is 9.58. The van der Waals surface area contributed by atoms with Crippen molar-refractivity contribution in [2.45, 2.75) is 30.6 Å². The van der Waals surface area contributed by atoms with Crippen molar-refractivity contribution in [3.8, 4) is 5.69 Å². The highest BCUT2D eigenvalue weighted by Gasteiger charge is 2.52. The molecule has 3 heteroatoms. The van der Waals surface area contributed by atoms with Crippen LogP contribution in [0.1, 0.15) is 69.8 Å². The number of nitrogens with zero attached hydrogens (tertiary/aromatic N) is 1. The van der Waals surface area contributed by atoms with Crippen molar-refractivity contribution in [2.24, 2.45) is 5.84 Å². The highest BCUT2D eigenvalue weighted by atomic mass is 15.2. The Balaban J connectivity index is 1.31. The van der Waals surface area contributed by atoms with Gasteiger partial charge in [0.1, 0.15) is 0 Å². The van der Waals surface area contributed by atoms with Gasteiger partial charge in [-0.05, 0) is 68.3 Å². The van der Waals surface area contributed by atoms with Crippen LogP contribution >= 0.6 is 0 Å². The zero-order chi connectivity index (χ0) is 35.0. The molecule has 1 aromatic heterocycles. The summed E-state index contributed by atoms with van der Waals surface area (Å²) in [5.41, 5.74) is 18.4. The highest BCUT2D eigenvalue weighted by Crippen LogP contribution is 2.60. The molecule has 52 heavy (non-hydrogen) atoms. The Morgan fingerprint density at radius 3 is 1.96 bits per heavy atom. The number of allylic oxidation sites excluding steroid dienone is 1. The summed E-state index contributed by atoms with van der Waals surface area (Å²) in [6.45, 7) is 4.80. The standard InChI is InChI=1S/C49H39N3/c1-48(2)38-22-10-11-23-39(38)49(41-24-12-14-27-46(41)52-45-26-13-9-20-35(45)36-21-15-25-42(49)47(36)52)40-29-28-34(30-43(40)48)37(32-16-5-3-6-17-32)31-44(51-50)33-18-7-4-8-19-33/h3-31,37,51H,50H2,1-2H3/b44-31-. The maximum atomic E-state index is 6.24. The fraction of sp³-hybridized carbons (Fsp3) is 0.102. The van der Waals surface area contributed by atoms with Gasteiger partial charge in [-0.3, -0.25) is 5.84 Å². The van der Waals surface area contributed by atoms with Crippen LogP contribution in [0.2, 0.25) is 0 Å². The number of rotatable bonds is 5. The number of benzene rings is 7. The van der Waals surface area contributed by atoms with Crippen molar-refractivity contribution in [3.63, 3.8) is 0 Å². The minimum Gasteiger partial charge on any atom is -0.324 e. The van der Waals surface area contributed by atoms with E-state index in [-0.39, 0.29) is 11.3 Å². The third kappa shape index (κ3) is 4.11. The van der Waals surface area contributed by atoms with E-state index in [1.807, 2.05) is 6.07 Å². The Hall–Kier alpha value is -6.16. The van der Waals surface area contributed by atoms with E-state index in [4.69, 9.17) is 5.84 Å². The zero-order valence-corrected chi connectivity index (χ0v) is 29.3. The Bertz CT molecular complexity index is 2700. The number of hydrogen-bond donors (Lipinski definition) is 2. The first kappa shape index (κ1) is 30.6. The summed E-state index contributed by atoms with van der Waals surface area (Å²) in [7, 11) is 0. The molecule has 0 saturated carbocycles. The first-order chi connectivity index (χ1) is 25.5. The van der Waals surface area contributed by atoms with Gasteiger partial charge in [-0.1, -0.05) is 172 Å². The van der Waals surface area contributed by atoms with E-state index in [1.54, 1.807) is 0 Å².